The van der Waals surface area contributed by atoms with Gasteiger partial charge in [-0.2, -0.15) is 9.50 Å². The molecule has 118 valence electrons. The van der Waals surface area contributed by atoms with E-state index in [0.717, 1.165) is 5.56 Å². The van der Waals surface area contributed by atoms with Crippen LogP contribution in [-0.2, 0) is 0 Å². The molecule has 0 fully saturated rings. The molecule has 0 bridgehead atoms. The minimum atomic E-state index is -0.377. The number of aryl methyl sites for hydroxylation is 2. The Bertz CT molecular complexity index is 910. The van der Waals surface area contributed by atoms with Crippen LogP contribution in [0.15, 0.2) is 23.4 Å². The quantitative estimate of drug-likeness (QED) is 0.732. The first-order valence-corrected chi connectivity index (χ1v) is 8.31. The number of nitrogens with zero attached hydrogens (tertiary/aromatic N) is 5. The van der Waals surface area contributed by atoms with Gasteiger partial charge in [0.25, 0.3) is 11.7 Å². The molecule has 1 aromatic carbocycles. The van der Waals surface area contributed by atoms with Gasteiger partial charge in [0.1, 0.15) is 0 Å². The number of carbonyl (C=O) groups is 1. The van der Waals surface area contributed by atoms with Crippen molar-refractivity contribution in [2.24, 2.45) is 0 Å². The average Bonchev–Trinajstić information content (AvgIpc) is 2.95. The van der Waals surface area contributed by atoms with Crippen molar-refractivity contribution in [3.63, 3.8) is 0 Å². The molecule has 1 N–H and O–H groups in total. The summed E-state index contributed by atoms with van der Waals surface area (Å²) in [4.78, 5) is 16.6. The highest BCUT2D eigenvalue weighted by Crippen LogP contribution is 2.20. The number of thioether (sulfide) groups is 1. The van der Waals surface area contributed by atoms with Crippen molar-refractivity contribution in [2.75, 3.05) is 11.6 Å². The number of amides is 1. The first-order valence-electron chi connectivity index (χ1n) is 6.71. The number of benzene rings is 1. The van der Waals surface area contributed by atoms with E-state index < -0.39 is 0 Å². The lowest BCUT2D eigenvalue weighted by molar-refractivity contribution is 0.102. The van der Waals surface area contributed by atoms with Gasteiger partial charge in [-0.25, -0.2) is 0 Å². The molecule has 0 unspecified atom stereocenters. The van der Waals surface area contributed by atoms with E-state index in [1.807, 2.05) is 19.2 Å². The lowest BCUT2D eigenvalue weighted by Gasteiger charge is -2.08. The van der Waals surface area contributed by atoms with E-state index in [-0.39, 0.29) is 11.6 Å². The molecule has 0 saturated carbocycles. The van der Waals surface area contributed by atoms with Crippen LogP contribution < -0.4 is 5.32 Å². The molecule has 0 spiro atoms. The molecule has 3 aromatic rings. The SMILES string of the molecule is CSc1nc2nnc(C(=O)Nc3ccc(C)c(Cl)c3)c(C)n2n1. The Hall–Kier alpha value is -2.19. The number of anilines is 1. The van der Waals surface area contributed by atoms with E-state index in [1.165, 1.54) is 16.3 Å². The number of aromatic nitrogens is 5. The second-order valence-electron chi connectivity index (χ2n) is 4.86. The number of hydrogen-bond donors (Lipinski definition) is 1. The van der Waals surface area contributed by atoms with Crippen LogP contribution in [-0.4, -0.2) is 37.0 Å². The number of nitrogens with one attached hydrogen (secondary N) is 1. The zero-order chi connectivity index (χ0) is 16.6. The molecule has 0 saturated heterocycles. The molecule has 0 aliphatic heterocycles. The monoisotopic (exact) mass is 348 g/mol. The first-order chi connectivity index (χ1) is 11.0. The standard InChI is InChI=1S/C14H13ClN6OS/c1-7-4-5-9(6-10(7)15)16-12(22)11-8(2)21-13(19-18-11)17-14(20-21)23-3/h4-6H,1-3H3,(H,16,22). The summed E-state index contributed by atoms with van der Waals surface area (Å²) < 4.78 is 1.51. The maximum atomic E-state index is 12.4. The number of halogens is 1. The summed E-state index contributed by atoms with van der Waals surface area (Å²) >= 11 is 7.46. The first kappa shape index (κ1) is 15.7. The van der Waals surface area contributed by atoms with Crippen LogP contribution in [0, 0.1) is 13.8 Å². The minimum Gasteiger partial charge on any atom is -0.320 e. The van der Waals surface area contributed by atoms with Crippen LogP contribution in [0.1, 0.15) is 21.7 Å². The van der Waals surface area contributed by atoms with Gasteiger partial charge in [0.05, 0.1) is 5.69 Å². The molecule has 0 aliphatic carbocycles. The van der Waals surface area contributed by atoms with E-state index in [0.29, 0.717) is 27.3 Å². The summed E-state index contributed by atoms with van der Waals surface area (Å²) in [6.07, 6.45) is 1.87. The van der Waals surface area contributed by atoms with Crippen molar-refractivity contribution in [2.45, 2.75) is 19.0 Å². The van der Waals surface area contributed by atoms with Gasteiger partial charge in [0.2, 0.25) is 5.16 Å². The van der Waals surface area contributed by atoms with Crippen LogP contribution >= 0.6 is 23.4 Å². The van der Waals surface area contributed by atoms with E-state index in [4.69, 9.17) is 11.6 Å². The van der Waals surface area contributed by atoms with Crippen LogP contribution in [0.2, 0.25) is 5.02 Å². The van der Waals surface area contributed by atoms with Crippen molar-refractivity contribution in [1.82, 2.24) is 24.8 Å². The van der Waals surface area contributed by atoms with E-state index in [2.05, 4.69) is 25.6 Å². The van der Waals surface area contributed by atoms with Gasteiger partial charge in [0, 0.05) is 10.7 Å². The predicted molar refractivity (Wildman–Crippen MR) is 89.2 cm³/mol. The second-order valence-corrected chi connectivity index (χ2v) is 6.04. The van der Waals surface area contributed by atoms with Crippen molar-refractivity contribution < 1.29 is 4.79 Å². The summed E-state index contributed by atoms with van der Waals surface area (Å²) in [5.41, 5.74) is 2.29. The Morgan fingerprint density at radius 2 is 2.09 bits per heavy atom. The Labute approximate surface area is 141 Å². The number of fused-ring (bicyclic) bond motifs is 1. The molecular formula is C14H13ClN6OS. The van der Waals surface area contributed by atoms with Crippen LogP contribution in [0.4, 0.5) is 5.69 Å². The molecule has 3 rings (SSSR count). The Kier molecular flexibility index (Phi) is 4.18. The number of rotatable bonds is 3. The molecule has 2 aromatic heterocycles. The molecular weight excluding hydrogens is 336 g/mol. The third-order valence-electron chi connectivity index (χ3n) is 3.30. The fourth-order valence-corrected chi connectivity index (χ4v) is 2.52. The van der Waals surface area contributed by atoms with Crippen molar-refractivity contribution >= 4 is 40.7 Å². The van der Waals surface area contributed by atoms with Gasteiger partial charge in [-0.15, -0.1) is 15.3 Å². The lowest BCUT2D eigenvalue weighted by atomic mass is 10.2. The number of carbonyl (C=O) groups excluding carboxylic acids is 1. The van der Waals surface area contributed by atoms with E-state index in [9.17, 15) is 4.79 Å². The lowest BCUT2D eigenvalue weighted by Crippen LogP contribution is -2.18. The van der Waals surface area contributed by atoms with Gasteiger partial charge in [-0.3, -0.25) is 4.79 Å². The zero-order valence-electron chi connectivity index (χ0n) is 12.7. The summed E-state index contributed by atoms with van der Waals surface area (Å²) in [5, 5.41) is 16.1. The average molecular weight is 349 g/mol. The van der Waals surface area contributed by atoms with Gasteiger partial charge >= 0.3 is 0 Å². The normalized spacial score (nSPS) is 11.0. The maximum absolute atomic E-state index is 12.4. The highest BCUT2D eigenvalue weighted by Gasteiger charge is 2.17. The largest absolute Gasteiger partial charge is 0.320 e. The van der Waals surface area contributed by atoms with Crippen LogP contribution in [0.5, 0.6) is 0 Å². The maximum Gasteiger partial charge on any atom is 0.278 e. The topological polar surface area (TPSA) is 85.1 Å². The van der Waals surface area contributed by atoms with Gasteiger partial charge in [-0.1, -0.05) is 29.4 Å². The van der Waals surface area contributed by atoms with Crippen molar-refractivity contribution in [1.29, 1.82) is 0 Å². The Balaban J connectivity index is 1.94. The second kappa shape index (κ2) is 6.13. The molecule has 0 radical (unpaired) electrons. The number of hydrogen-bond acceptors (Lipinski definition) is 6. The molecule has 1 amide bonds. The summed E-state index contributed by atoms with van der Waals surface area (Å²) in [6, 6.07) is 5.31. The highest BCUT2D eigenvalue weighted by molar-refractivity contribution is 7.98. The Morgan fingerprint density at radius 1 is 1.30 bits per heavy atom. The molecule has 7 nitrogen and oxygen atoms in total. The third-order valence-corrected chi connectivity index (χ3v) is 4.24. The smallest absolute Gasteiger partial charge is 0.278 e. The summed E-state index contributed by atoms with van der Waals surface area (Å²) in [7, 11) is 0. The Morgan fingerprint density at radius 3 is 2.78 bits per heavy atom. The van der Waals surface area contributed by atoms with Gasteiger partial charge < -0.3 is 5.32 Å². The molecule has 0 aliphatic rings. The van der Waals surface area contributed by atoms with E-state index >= 15 is 0 Å². The third kappa shape index (κ3) is 2.99. The minimum absolute atomic E-state index is 0.187. The van der Waals surface area contributed by atoms with Gasteiger partial charge in [0.15, 0.2) is 5.69 Å². The molecule has 23 heavy (non-hydrogen) atoms. The predicted octanol–water partition coefficient (Wildman–Crippen LogP) is 2.76. The van der Waals surface area contributed by atoms with E-state index in [1.54, 1.807) is 19.1 Å². The van der Waals surface area contributed by atoms with Gasteiger partial charge in [-0.05, 0) is 37.8 Å². The van der Waals surface area contributed by atoms with Crippen LogP contribution in [0.3, 0.4) is 0 Å². The summed E-state index contributed by atoms with van der Waals surface area (Å²) in [6.45, 7) is 3.64. The van der Waals surface area contributed by atoms with Crippen molar-refractivity contribution in [3.8, 4) is 0 Å². The summed E-state index contributed by atoms with van der Waals surface area (Å²) in [5.74, 6) is -0.0141. The van der Waals surface area contributed by atoms with Crippen LogP contribution in [0.25, 0.3) is 5.78 Å². The highest BCUT2D eigenvalue weighted by atomic mass is 35.5. The molecule has 9 heteroatoms. The van der Waals surface area contributed by atoms with Crippen molar-refractivity contribution in [3.05, 3.63) is 40.2 Å². The fraction of sp³-hybridized carbons (Fsp3) is 0.214. The molecule has 2 heterocycles. The fourth-order valence-electron chi connectivity index (χ4n) is 2.00. The zero-order valence-corrected chi connectivity index (χ0v) is 14.2. The molecule has 0 atom stereocenters.